The number of Topliss-reactive ketones (excluding diaryl/α,β-unsaturated/α-hetero) is 1. The second kappa shape index (κ2) is 6.80. The molecule has 0 aromatic heterocycles. The maximum atomic E-state index is 12.3. The van der Waals surface area contributed by atoms with Crippen molar-refractivity contribution in [1.29, 1.82) is 0 Å². The molecule has 1 unspecified atom stereocenters. The Labute approximate surface area is 136 Å². The van der Waals surface area contributed by atoms with Crippen LogP contribution in [-0.2, 0) is 0 Å². The van der Waals surface area contributed by atoms with Gasteiger partial charge in [0.2, 0.25) is 0 Å². The van der Waals surface area contributed by atoms with Gasteiger partial charge in [-0.05, 0) is 6.07 Å². The van der Waals surface area contributed by atoms with E-state index in [1.165, 1.54) is 18.2 Å². The third-order valence-electron chi connectivity index (χ3n) is 3.38. The summed E-state index contributed by atoms with van der Waals surface area (Å²) in [6.07, 6.45) is -1.74. The lowest BCUT2D eigenvalue weighted by molar-refractivity contribution is -0.423. The summed E-state index contributed by atoms with van der Waals surface area (Å²) in [4.78, 5) is 32.6. The molecular formula is C16H12N2O6. The minimum Gasteiger partial charge on any atom is -0.383 e. The molecule has 0 saturated carbocycles. The van der Waals surface area contributed by atoms with Gasteiger partial charge in [0, 0.05) is 17.2 Å². The minimum atomic E-state index is -1.74. The van der Waals surface area contributed by atoms with E-state index in [1.807, 2.05) is 0 Å². The van der Waals surface area contributed by atoms with Gasteiger partial charge in [0.05, 0.1) is 15.4 Å². The van der Waals surface area contributed by atoms with Crippen LogP contribution >= 0.6 is 0 Å². The van der Waals surface area contributed by atoms with Crippen molar-refractivity contribution in [3.63, 3.8) is 0 Å². The Hall–Kier alpha value is -3.39. The molecule has 0 fully saturated rings. The highest BCUT2D eigenvalue weighted by molar-refractivity contribution is 6.09. The van der Waals surface area contributed by atoms with Gasteiger partial charge in [-0.25, -0.2) is 0 Å². The largest absolute Gasteiger partial charge is 0.383 e. The van der Waals surface area contributed by atoms with E-state index in [9.17, 15) is 30.1 Å². The minimum absolute atomic E-state index is 0.245. The van der Waals surface area contributed by atoms with E-state index in [0.29, 0.717) is 0 Å². The Balaban J connectivity index is 2.46. The number of aliphatic hydroxyl groups excluding tert-OH is 1. The predicted octanol–water partition coefficient (Wildman–Crippen LogP) is 2.98. The van der Waals surface area contributed by atoms with E-state index in [4.69, 9.17) is 0 Å². The molecule has 122 valence electrons. The first-order chi connectivity index (χ1) is 11.3. The zero-order chi connectivity index (χ0) is 17.9. The summed E-state index contributed by atoms with van der Waals surface area (Å²) >= 11 is 0. The topological polar surface area (TPSA) is 124 Å². The first kappa shape index (κ1) is 17.0. The molecule has 1 N–H and O–H groups in total. The van der Waals surface area contributed by atoms with Crippen LogP contribution in [0.5, 0.6) is 0 Å². The smallest absolute Gasteiger partial charge is 0.352 e. The Bertz CT molecular complexity index is 832. The van der Waals surface area contributed by atoms with Crippen molar-refractivity contribution in [3.8, 4) is 0 Å². The van der Waals surface area contributed by atoms with Crippen LogP contribution in [0.4, 0.5) is 11.4 Å². The number of carbonyl (C=O) groups excluding carboxylic acids is 1. The molecule has 0 aliphatic rings. The summed E-state index contributed by atoms with van der Waals surface area (Å²) in [5.41, 5.74) is -2.06. The monoisotopic (exact) mass is 328 g/mol. The summed E-state index contributed by atoms with van der Waals surface area (Å²) in [5, 5.41) is 32.5. The van der Waals surface area contributed by atoms with Gasteiger partial charge in [0.1, 0.15) is 6.10 Å². The highest BCUT2D eigenvalue weighted by Crippen LogP contribution is 2.37. The number of hydrogen-bond donors (Lipinski definition) is 1. The lowest BCUT2D eigenvalue weighted by Crippen LogP contribution is -2.13. The molecule has 2 aromatic rings. The number of para-hydroxylation sites is 1. The molecule has 0 aliphatic heterocycles. The lowest BCUT2D eigenvalue weighted by atomic mass is 9.94. The fourth-order valence-corrected chi connectivity index (χ4v) is 2.20. The molecule has 8 heteroatoms. The molecule has 8 nitrogen and oxygen atoms in total. The summed E-state index contributed by atoms with van der Waals surface area (Å²) in [6.45, 7) is 3.49. The molecular weight excluding hydrogens is 316 g/mol. The molecule has 0 amide bonds. The molecule has 0 bridgehead atoms. The fourth-order valence-electron chi connectivity index (χ4n) is 2.20. The van der Waals surface area contributed by atoms with Gasteiger partial charge in [0.25, 0.3) is 0 Å². The molecule has 0 heterocycles. The Kier molecular flexibility index (Phi) is 4.81. The van der Waals surface area contributed by atoms with E-state index in [1.54, 1.807) is 18.2 Å². The average molecular weight is 328 g/mol. The summed E-state index contributed by atoms with van der Waals surface area (Å²) in [6, 6.07) is 11.2. The highest BCUT2D eigenvalue weighted by atomic mass is 16.6. The number of aliphatic hydroxyl groups is 1. The normalized spacial score (nSPS) is 11.5. The average Bonchev–Trinajstić information content (AvgIpc) is 2.59. The maximum Gasteiger partial charge on any atom is 0.352 e. The number of nitrogens with zero attached hydrogens (tertiary/aromatic N) is 2. The number of rotatable bonds is 6. The van der Waals surface area contributed by atoms with Crippen molar-refractivity contribution in [2.45, 2.75) is 6.10 Å². The van der Waals surface area contributed by atoms with E-state index in [-0.39, 0.29) is 16.7 Å². The van der Waals surface area contributed by atoms with Crippen LogP contribution in [0, 0.1) is 20.2 Å². The quantitative estimate of drug-likeness (QED) is 0.376. The Morgan fingerprint density at radius 3 is 2.17 bits per heavy atom. The second-order valence-corrected chi connectivity index (χ2v) is 4.85. The number of carbonyl (C=O) groups is 1. The van der Waals surface area contributed by atoms with Gasteiger partial charge in [-0.1, -0.05) is 43.0 Å². The number of ketones is 1. The molecule has 1 atom stereocenters. The molecule has 0 radical (unpaired) electrons. The summed E-state index contributed by atoms with van der Waals surface area (Å²) in [5.74, 6) is -0.607. The van der Waals surface area contributed by atoms with Crippen molar-refractivity contribution in [3.05, 3.63) is 92.0 Å². The van der Waals surface area contributed by atoms with Crippen LogP contribution < -0.4 is 0 Å². The molecule has 0 aliphatic carbocycles. The first-order valence-corrected chi connectivity index (χ1v) is 6.73. The first-order valence-electron chi connectivity index (χ1n) is 6.73. The molecule has 0 spiro atoms. The molecule has 24 heavy (non-hydrogen) atoms. The van der Waals surface area contributed by atoms with Gasteiger partial charge >= 0.3 is 11.4 Å². The zero-order valence-electron chi connectivity index (χ0n) is 12.3. The van der Waals surface area contributed by atoms with Crippen LogP contribution in [0.2, 0.25) is 0 Å². The number of nitro benzene ring substituents is 2. The SMILES string of the molecule is C=C(C(=O)c1ccccc1)C(O)c1cccc([N+](=O)[O-])c1[N+](=O)[O-]. The Morgan fingerprint density at radius 1 is 1.00 bits per heavy atom. The van der Waals surface area contributed by atoms with Crippen LogP contribution in [0.1, 0.15) is 22.0 Å². The van der Waals surface area contributed by atoms with Crippen molar-refractivity contribution in [2.24, 2.45) is 0 Å². The van der Waals surface area contributed by atoms with Gasteiger partial charge in [-0.15, -0.1) is 0 Å². The number of nitro groups is 2. The predicted molar refractivity (Wildman–Crippen MR) is 84.6 cm³/mol. The van der Waals surface area contributed by atoms with Gasteiger partial charge < -0.3 is 5.11 Å². The number of benzene rings is 2. The van der Waals surface area contributed by atoms with Gasteiger partial charge in [0.15, 0.2) is 5.78 Å². The van der Waals surface area contributed by atoms with Crippen molar-refractivity contribution in [2.75, 3.05) is 0 Å². The van der Waals surface area contributed by atoms with Crippen LogP contribution in [-0.4, -0.2) is 20.7 Å². The molecule has 2 aromatic carbocycles. The van der Waals surface area contributed by atoms with E-state index >= 15 is 0 Å². The summed E-state index contributed by atoms with van der Waals surface area (Å²) < 4.78 is 0. The molecule has 0 saturated heterocycles. The third-order valence-corrected chi connectivity index (χ3v) is 3.38. The van der Waals surface area contributed by atoms with E-state index < -0.39 is 33.1 Å². The second-order valence-electron chi connectivity index (χ2n) is 4.85. The fraction of sp³-hybridized carbons (Fsp3) is 0.0625. The zero-order valence-corrected chi connectivity index (χ0v) is 12.3. The highest BCUT2D eigenvalue weighted by Gasteiger charge is 2.33. The van der Waals surface area contributed by atoms with Crippen molar-refractivity contribution in [1.82, 2.24) is 0 Å². The summed E-state index contributed by atoms with van der Waals surface area (Å²) in [7, 11) is 0. The van der Waals surface area contributed by atoms with Gasteiger partial charge in [-0.3, -0.25) is 25.0 Å². The van der Waals surface area contributed by atoms with Crippen molar-refractivity contribution < 1.29 is 19.7 Å². The van der Waals surface area contributed by atoms with Crippen LogP contribution in [0.25, 0.3) is 0 Å². The van der Waals surface area contributed by atoms with E-state index in [0.717, 1.165) is 12.1 Å². The molecule has 2 rings (SSSR count). The standard InChI is InChI=1S/C16H12N2O6/c1-10(15(19)11-6-3-2-4-7-11)16(20)12-8-5-9-13(17(21)22)14(12)18(23)24/h2-9,16,20H,1H2. The maximum absolute atomic E-state index is 12.3. The van der Waals surface area contributed by atoms with Crippen LogP contribution in [0.3, 0.4) is 0 Å². The van der Waals surface area contributed by atoms with Crippen LogP contribution in [0.15, 0.2) is 60.7 Å². The number of hydrogen-bond acceptors (Lipinski definition) is 6. The van der Waals surface area contributed by atoms with E-state index in [2.05, 4.69) is 6.58 Å². The lowest BCUT2D eigenvalue weighted by Gasteiger charge is -2.13. The third kappa shape index (κ3) is 3.18. The van der Waals surface area contributed by atoms with Crippen molar-refractivity contribution >= 4 is 17.2 Å². The Morgan fingerprint density at radius 2 is 1.62 bits per heavy atom. The van der Waals surface area contributed by atoms with Gasteiger partial charge in [-0.2, -0.15) is 0 Å².